The van der Waals surface area contributed by atoms with Crippen molar-refractivity contribution in [2.24, 2.45) is 0 Å². The van der Waals surface area contributed by atoms with Gasteiger partial charge in [0, 0.05) is 55.4 Å². The number of aryl methyl sites for hydroxylation is 1. The first-order valence-electron chi connectivity index (χ1n) is 15.4. The second-order valence-corrected chi connectivity index (χ2v) is 11.8. The highest BCUT2D eigenvalue weighted by Crippen LogP contribution is 2.36. The van der Waals surface area contributed by atoms with Crippen molar-refractivity contribution in [1.29, 1.82) is 5.26 Å². The first-order valence-corrected chi connectivity index (χ1v) is 15.8. The Bertz CT molecular complexity index is 1900. The number of nitrogens with one attached hydrogen (secondary N) is 2. The van der Waals surface area contributed by atoms with Gasteiger partial charge in [0.25, 0.3) is 18.3 Å². The molecule has 14 nitrogen and oxygen atoms in total. The van der Waals surface area contributed by atoms with Crippen molar-refractivity contribution in [2.45, 2.75) is 25.4 Å². The molecule has 2 amide bonds. The molecule has 2 aromatic carbocycles. The van der Waals surface area contributed by atoms with E-state index in [-0.39, 0.29) is 35.7 Å². The van der Waals surface area contributed by atoms with E-state index in [1.54, 1.807) is 57.1 Å². The van der Waals surface area contributed by atoms with Gasteiger partial charge in [-0.25, -0.2) is 14.4 Å². The normalized spacial score (nSPS) is 15.5. The fourth-order valence-electron chi connectivity index (χ4n) is 5.91. The van der Waals surface area contributed by atoms with Crippen molar-refractivity contribution >= 4 is 47.0 Å². The Morgan fingerprint density at radius 1 is 1.16 bits per heavy atom. The molecule has 0 bridgehead atoms. The Morgan fingerprint density at radius 3 is 2.53 bits per heavy atom. The lowest BCUT2D eigenvalue weighted by atomic mass is 9.90. The smallest absolute Gasteiger partial charge is 0.290 e. The maximum absolute atomic E-state index is 14.8. The zero-order valence-electron chi connectivity index (χ0n) is 26.5. The first-order chi connectivity index (χ1) is 23.6. The number of benzene rings is 2. The summed E-state index contributed by atoms with van der Waals surface area (Å²) in [6.07, 6.45) is 5.60. The molecule has 4 heterocycles. The van der Waals surface area contributed by atoms with E-state index in [1.807, 2.05) is 13.0 Å². The number of rotatable bonds is 7. The molecule has 0 saturated carbocycles. The zero-order valence-corrected chi connectivity index (χ0v) is 27.3. The van der Waals surface area contributed by atoms with Gasteiger partial charge in [-0.3, -0.25) is 18.8 Å². The summed E-state index contributed by atoms with van der Waals surface area (Å²) in [6, 6.07) is 10.2. The predicted molar refractivity (Wildman–Crippen MR) is 177 cm³/mol. The molecule has 0 aliphatic carbocycles. The molecule has 2 aliphatic rings. The maximum atomic E-state index is 14.8. The summed E-state index contributed by atoms with van der Waals surface area (Å²) in [7, 11) is 0. The Kier molecular flexibility index (Phi) is 10.9. The summed E-state index contributed by atoms with van der Waals surface area (Å²) < 4.78 is 21.7. The Morgan fingerprint density at radius 2 is 1.86 bits per heavy atom. The number of piperazine rings is 1. The van der Waals surface area contributed by atoms with Crippen LogP contribution in [0.5, 0.6) is 5.75 Å². The number of amides is 2. The molecule has 0 radical (unpaired) electrons. The number of ether oxygens (including phenoxy) is 1. The number of nitrogens with zero attached hydrogens (tertiary/aromatic N) is 6. The van der Waals surface area contributed by atoms with Crippen LogP contribution in [0.1, 0.15) is 28.8 Å². The van der Waals surface area contributed by atoms with Crippen molar-refractivity contribution in [3.8, 4) is 23.1 Å². The standard InChI is InChI=1S/C32H32ClFN8O4.CH2O2/c1-20-18-21(2-3-22(20)30(43)40-13-15-41(16-14-40)31(44)32(45)6-9-36-10-7-32)39-28-29-38-19-24(42(29)12-11-37-28)23-4-5-25(46-17-8-35)27(34)26(23)33;2-1-3/h2-5,11-12,18-19,36,45H,6-7,9-10,13-17H2,1H3,(H,37,39);1H,(H,2,3). The van der Waals surface area contributed by atoms with Crippen molar-refractivity contribution in [3.05, 3.63) is 70.9 Å². The fourth-order valence-corrected chi connectivity index (χ4v) is 6.16. The van der Waals surface area contributed by atoms with Gasteiger partial charge in [0.2, 0.25) is 0 Å². The average molecular weight is 693 g/mol. The third-order valence-corrected chi connectivity index (χ3v) is 8.82. The van der Waals surface area contributed by atoms with Crippen LogP contribution in [0.4, 0.5) is 15.9 Å². The summed E-state index contributed by atoms with van der Waals surface area (Å²) in [6.45, 7) is 4.02. The van der Waals surface area contributed by atoms with E-state index in [1.165, 1.54) is 6.07 Å². The molecule has 16 heteroatoms. The van der Waals surface area contributed by atoms with E-state index < -0.39 is 11.4 Å². The number of carbonyl (C=O) groups is 3. The molecule has 4 N–H and O–H groups in total. The molecule has 256 valence electrons. The number of piperidine rings is 1. The van der Waals surface area contributed by atoms with Gasteiger partial charge in [-0.15, -0.1) is 0 Å². The van der Waals surface area contributed by atoms with Gasteiger partial charge in [0.1, 0.15) is 11.7 Å². The number of carboxylic acid groups (broad SMARTS) is 1. The molecule has 0 unspecified atom stereocenters. The largest absolute Gasteiger partial charge is 0.483 e. The average Bonchev–Trinajstić information content (AvgIpc) is 3.54. The molecule has 2 aromatic heterocycles. The topological polar surface area (TPSA) is 185 Å². The molecule has 2 fully saturated rings. The van der Waals surface area contributed by atoms with Crippen molar-refractivity contribution in [2.75, 3.05) is 51.2 Å². The number of hydrogen-bond acceptors (Lipinski definition) is 10. The molecule has 49 heavy (non-hydrogen) atoms. The summed E-state index contributed by atoms with van der Waals surface area (Å²) in [5.74, 6) is -0.823. The quantitative estimate of drug-likeness (QED) is 0.208. The van der Waals surface area contributed by atoms with Gasteiger partial charge in [-0.05, 0) is 68.8 Å². The lowest BCUT2D eigenvalue weighted by molar-refractivity contribution is -0.155. The van der Waals surface area contributed by atoms with E-state index in [2.05, 4.69) is 20.6 Å². The lowest BCUT2D eigenvalue weighted by Gasteiger charge is -2.40. The SMILES string of the molecule is Cc1cc(Nc2nccn3c(-c4ccc(OCC#N)c(F)c4Cl)cnc23)ccc1C(=O)N1CCN(C(=O)C2(O)CCNCC2)CC1.O=CO. The van der Waals surface area contributed by atoms with Gasteiger partial charge in [0.15, 0.2) is 29.6 Å². The van der Waals surface area contributed by atoms with Gasteiger partial charge < -0.3 is 35.4 Å². The van der Waals surface area contributed by atoms with E-state index in [4.69, 9.17) is 31.5 Å². The minimum atomic E-state index is -1.33. The van der Waals surface area contributed by atoms with Gasteiger partial charge >= 0.3 is 0 Å². The highest BCUT2D eigenvalue weighted by molar-refractivity contribution is 6.33. The highest BCUT2D eigenvalue weighted by atomic mass is 35.5. The monoisotopic (exact) mass is 692 g/mol. The van der Waals surface area contributed by atoms with E-state index >= 15 is 0 Å². The fraction of sp³-hybridized carbons (Fsp3) is 0.333. The minimum Gasteiger partial charge on any atom is -0.483 e. The second kappa shape index (κ2) is 15.3. The number of aromatic nitrogens is 3. The zero-order chi connectivity index (χ0) is 35.1. The van der Waals surface area contributed by atoms with Crippen LogP contribution in [0.3, 0.4) is 0 Å². The predicted octanol–water partition coefficient (Wildman–Crippen LogP) is 3.24. The van der Waals surface area contributed by atoms with E-state index in [9.17, 15) is 19.1 Å². The number of halogens is 2. The van der Waals surface area contributed by atoms with Crippen molar-refractivity contribution in [1.82, 2.24) is 29.5 Å². The number of hydrogen-bond donors (Lipinski definition) is 4. The highest BCUT2D eigenvalue weighted by Gasteiger charge is 2.41. The lowest BCUT2D eigenvalue weighted by Crippen LogP contribution is -2.59. The number of fused-ring (bicyclic) bond motifs is 1. The molecule has 6 rings (SSSR count). The van der Waals surface area contributed by atoms with Crippen LogP contribution in [0.2, 0.25) is 5.02 Å². The second-order valence-electron chi connectivity index (χ2n) is 11.4. The van der Waals surface area contributed by atoms with Crippen molar-refractivity contribution in [3.63, 3.8) is 0 Å². The first kappa shape index (κ1) is 35.0. The van der Waals surface area contributed by atoms with Crippen LogP contribution in [0.25, 0.3) is 16.9 Å². The summed E-state index contributed by atoms with van der Waals surface area (Å²) >= 11 is 6.34. The third-order valence-electron chi connectivity index (χ3n) is 8.45. The Hall–Kier alpha value is -5.30. The van der Waals surface area contributed by atoms with E-state index in [0.29, 0.717) is 86.1 Å². The number of imidazole rings is 1. The van der Waals surface area contributed by atoms with E-state index in [0.717, 1.165) is 5.56 Å². The molecule has 4 aromatic rings. The number of anilines is 2. The molecule has 0 atom stereocenters. The van der Waals surface area contributed by atoms with Gasteiger partial charge in [-0.2, -0.15) is 5.26 Å². The van der Waals surface area contributed by atoms with Gasteiger partial charge in [-0.1, -0.05) is 11.6 Å². The summed E-state index contributed by atoms with van der Waals surface area (Å²) in [5, 5.41) is 32.7. The number of aliphatic hydroxyl groups is 1. The third kappa shape index (κ3) is 7.41. The molecular weight excluding hydrogens is 659 g/mol. The summed E-state index contributed by atoms with van der Waals surface area (Å²) in [5.41, 5.74) is 2.05. The van der Waals surface area contributed by atoms with Crippen LogP contribution in [0.15, 0.2) is 48.9 Å². The molecule has 2 aliphatic heterocycles. The number of nitriles is 1. The molecule has 2 saturated heterocycles. The van der Waals surface area contributed by atoms with Gasteiger partial charge in [0.05, 0.1) is 16.9 Å². The van der Waals surface area contributed by atoms with Crippen LogP contribution in [-0.4, -0.2) is 104 Å². The number of carbonyl (C=O) groups excluding carboxylic acids is 2. The van der Waals surface area contributed by atoms with Crippen molar-refractivity contribution < 1.29 is 33.7 Å². The van der Waals surface area contributed by atoms with Crippen LogP contribution >= 0.6 is 11.6 Å². The molecule has 0 spiro atoms. The minimum absolute atomic E-state index is 0.116. The molecular formula is C33H34ClFN8O6. The Balaban J connectivity index is 0.00000151. The van der Waals surface area contributed by atoms with Crippen LogP contribution in [-0.2, 0) is 9.59 Å². The maximum Gasteiger partial charge on any atom is 0.290 e. The van der Waals surface area contributed by atoms with Crippen LogP contribution in [0, 0.1) is 24.1 Å². The van der Waals surface area contributed by atoms with Crippen LogP contribution < -0.4 is 15.4 Å². The Labute approximate surface area is 285 Å². The summed E-state index contributed by atoms with van der Waals surface area (Å²) in [4.78, 5) is 47.1.